The third-order valence-electron chi connectivity index (χ3n) is 3.46. The van der Waals surface area contributed by atoms with Crippen LogP contribution in [-0.2, 0) is 6.42 Å². The summed E-state index contributed by atoms with van der Waals surface area (Å²) in [6, 6.07) is 0. The Hall–Kier alpha value is -2.57. The van der Waals surface area contributed by atoms with Crippen LogP contribution < -0.4 is 21.5 Å². The maximum Gasteiger partial charge on any atom is 0.222 e. The number of pyridine rings is 1. The highest BCUT2D eigenvalue weighted by Gasteiger charge is 2.23. The van der Waals surface area contributed by atoms with E-state index in [1.54, 1.807) is 0 Å². The van der Waals surface area contributed by atoms with E-state index in [-0.39, 0.29) is 17.7 Å². The van der Waals surface area contributed by atoms with Gasteiger partial charge in [0.1, 0.15) is 11.6 Å². The van der Waals surface area contributed by atoms with Crippen molar-refractivity contribution in [1.82, 2.24) is 15.0 Å². The number of fused-ring (bicyclic) bond motifs is 1. The largest absolute Gasteiger partial charge is 0.451 e. The normalized spacial score (nSPS) is 13.1. The Morgan fingerprint density at radius 1 is 1.24 bits per heavy atom. The molecule has 0 radical (unpaired) electrons. The maximum atomic E-state index is 6.01. The molecule has 2 aromatic rings. The van der Waals surface area contributed by atoms with Crippen LogP contribution >= 0.6 is 0 Å². The summed E-state index contributed by atoms with van der Waals surface area (Å²) < 4.78 is 6.01. The van der Waals surface area contributed by atoms with Crippen molar-refractivity contribution >= 4 is 17.6 Å². The van der Waals surface area contributed by atoms with Gasteiger partial charge in [0.2, 0.25) is 5.95 Å². The SMILES string of the molecule is CC(C)c1cnc2c(c1Oc1cnc(N)nc1N)CCN2. The summed E-state index contributed by atoms with van der Waals surface area (Å²) in [4.78, 5) is 12.3. The molecule has 5 N–H and O–H groups in total. The molecule has 2 aromatic heterocycles. The van der Waals surface area contributed by atoms with Gasteiger partial charge in [-0.15, -0.1) is 0 Å². The molecule has 110 valence electrons. The number of ether oxygens (including phenoxy) is 1. The van der Waals surface area contributed by atoms with E-state index in [0.717, 1.165) is 35.7 Å². The number of nitrogens with one attached hydrogen (secondary N) is 1. The molecular formula is C14H18N6O. The lowest BCUT2D eigenvalue weighted by Crippen LogP contribution is -2.04. The highest BCUT2D eigenvalue weighted by Crippen LogP contribution is 2.39. The van der Waals surface area contributed by atoms with E-state index in [2.05, 4.69) is 34.1 Å². The molecular weight excluding hydrogens is 268 g/mol. The number of nitrogens with two attached hydrogens (primary N) is 2. The van der Waals surface area contributed by atoms with Crippen LogP contribution in [0.2, 0.25) is 0 Å². The Labute approximate surface area is 122 Å². The van der Waals surface area contributed by atoms with Crippen molar-refractivity contribution in [2.24, 2.45) is 0 Å². The van der Waals surface area contributed by atoms with Crippen LogP contribution in [0.1, 0.15) is 30.9 Å². The molecule has 0 amide bonds. The molecule has 3 heterocycles. The second-order valence-electron chi connectivity index (χ2n) is 5.28. The van der Waals surface area contributed by atoms with Crippen molar-refractivity contribution in [2.45, 2.75) is 26.2 Å². The van der Waals surface area contributed by atoms with Crippen molar-refractivity contribution in [3.63, 3.8) is 0 Å². The zero-order valence-corrected chi connectivity index (χ0v) is 12.1. The summed E-state index contributed by atoms with van der Waals surface area (Å²) in [6.45, 7) is 5.05. The van der Waals surface area contributed by atoms with Gasteiger partial charge in [-0.05, 0) is 12.3 Å². The van der Waals surface area contributed by atoms with E-state index in [9.17, 15) is 0 Å². The van der Waals surface area contributed by atoms with Gasteiger partial charge in [0.25, 0.3) is 0 Å². The fourth-order valence-electron chi connectivity index (χ4n) is 2.36. The van der Waals surface area contributed by atoms with Crippen LogP contribution in [0.3, 0.4) is 0 Å². The summed E-state index contributed by atoms with van der Waals surface area (Å²) in [6.07, 6.45) is 4.20. The molecule has 0 saturated heterocycles. The van der Waals surface area contributed by atoms with Crippen LogP contribution in [0.5, 0.6) is 11.5 Å². The Balaban J connectivity index is 2.06. The average molecular weight is 286 g/mol. The fraction of sp³-hybridized carbons (Fsp3) is 0.357. The molecule has 0 bridgehead atoms. The van der Waals surface area contributed by atoms with Gasteiger partial charge in [-0.25, -0.2) is 9.97 Å². The van der Waals surface area contributed by atoms with E-state index in [1.807, 2.05) is 6.20 Å². The minimum atomic E-state index is 0.130. The van der Waals surface area contributed by atoms with Crippen LogP contribution in [0.25, 0.3) is 0 Å². The van der Waals surface area contributed by atoms with Crippen LogP contribution in [0.4, 0.5) is 17.6 Å². The van der Waals surface area contributed by atoms with Gasteiger partial charge in [-0.3, -0.25) is 0 Å². The summed E-state index contributed by atoms with van der Waals surface area (Å²) in [5.74, 6) is 2.71. The molecule has 0 spiro atoms. The first-order valence-electron chi connectivity index (χ1n) is 6.87. The first kappa shape index (κ1) is 13.4. The zero-order chi connectivity index (χ0) is 15.0. The van der Waals surface area contributed by atoms with Crippen molar-refractivity contribution in [3.05, 3.63) is 23.5 Å². The summed E-state index contributed by atoms with van der Waals surface area (Å²) in [7, 11) is 0. The summed E-state index contributed by atoms with van der Waals surface area (Å²) in [5.41, 5.74) is 13.5. The molecule has 7 heteroatoms. The molecule has 21 heavy (non-hydrogen) atoms. The van der Waals surface area contributed by atoms with Crippen molar-refractivity contribution in [3.8, 4) is 11.5 Å². The lowest BCUT2D eigenvalue weighted by molar-refractivity contribution is 0.466. The molecule has 0 aromatic carbocycles. The molecule has 0 aliphatic carbocycles. The van der Waals surface area contributed by atoms with Crippen molar-refractivity contribution in [1.29, 1.82) is 0 Å². The van der Waals surface area contributed by atoms with Gasteiger partial charge < -0.3 is 21.5 Å². The number of nitrogen functional groups attached to an aromatic ring is 2. The number of anilines is 3. The number of rotatable bonds is 3. The number of hydrogen-bond donors (Lipinski definition) is 3. The molecule has 0 fully saturated rings. The minimum Gasteiger partial charge on any atom is -0.451 e. The van der Waals surface area contributed by atoms with Gasteiger partial charge in [-0.2, -0.15) is 4.98 Å². The van der Waals surface area contributed by atoms with E-state index >= 15 is 0 Å². The van der Waals surface area contributed by atoms with E-state index in [0.29, 0.717) is 5.75 Å². The Kier molecular flexibility index (Phi) is 3.25. The lowest BCUT2D eigenvalue weighted by Gasteiger charge is -2.17. The van der Waals surface area contributed by atoms with Gasteiger partial charge in [0.15, 0.2) is 11.6 Å². The Morgan fingerprint density at radius 2 is 2.05 bits per heavy atom. The van der Waals surface area contributed by atoms with E-state index < -0.39 is 0 Å². The van der Waals surface area contributed by atoms with Crippen LogP contribution in [0.15, 0.2) is 12.4 Å². The average Bonchev–Trinajstić information content (AvgIpc) is 2.90. The van der Waals surface area contributed by atoms with Gasteiger partial charge in [0.05, 0.1) is 6.20 Å². The van der Waals surface area contributed by atoms with Crippen LogP contribution in [-0.4, -0.2) is 21.5 Å². The van der Waals surface area contributed by atoms with Gasteiger partial charge >= 0.3 is 0 Å². The molecule has 1 aliphatic heterocycles. The number of nitrogens with zero attached hydrogens (tertiary/aromatic N) is 3. The summed E-state index contributed by atoms with van der Waals surface area (Å²) >= 11 is 0. The number of aromatic nitrogens is 3. The predicted octanol–water partition coefficient (Wildman–Crippen LogP) is 1.92. The number of hydrogen-bond acceptors (Lipinski definition) is 7. The highest BCUT2D eigenvalue weighted by atomic mass is 16.5. The van der Waals surface area contributed by atoms with E-state index in [1.165, 1.54) is 6.20 Å². The van der Waals surface area contributed by atoms with Gasteiger partial charge in [-0.1, -0.05) is 13.8 Å². The topological polar surface area (TPSA) is 112 Å². The molecule has 0 atom stereocenters. The predicted molar refractivity (Wildman–Crippen MR) is 81.5 cm³/mol. The first-order chi connectivity index (χ1) is 10.1. The quantitative estimate of drug-likeness (QED) is 0.790. The molecule has 0 unspecified atom stereocenters. The fourth-order valence-corrected chi connectivity index (χ4v) is 2.36. The maximum absolute atomic E-state index is 6.01. The van der Waals surface area contributed by atoms with Crippen molar-refractivity contribution in [2.75, 3.05) is 23.3 Å². The van der Waals surface area contributed by atoms with Gasteiger partial charge in [0, 0.05) is 23.9 Å². The van der Waals surface area contributed by atoms with E-state index in [4.69, 9.17) is 16.2 Å². The summed E-state index contributed by atoms with van der Waals surface area (Å²) in [5, 5.41) is 3.24. The standard InChI is InChI=1S/C14H18N6O/c1-7(2)9-5-18-13-8(3-4-17-13)11(9)21-10-6-19-14(16)20-12(10)15/h5-7H,3-4H2,1-2H3,(H,17,18)(H4,15,16,19,20). The Morgan fingerprint density at radius 3 is 2.76 bits per heavy atom. The zero-order valence-electron chi connectivity index (χ0n) is 12.1. The minimum absolute atomic E-state index is 0.130. The first-order valence-corrected chi connectivity index (χ1v) is 6.87. The lowest BCUT2D eigenvalue weighted by atomic mass is 10.0. The highest BCUT2D eigenvalue weighted by molar-refractivity contribution is 5.61. The Bertz CT molecular complexity index is 685. The second-order valence-corrected chi connectivity index (χ2v) is 5.28. The van der Waals surface area contributed by atoms with Crippen molar-refractivity contribution < 1.29 is 4.74 Å². The third kappa shape index (κ3) is 2.42. The monoisotopic (exact) mass is 286 g/mol. The van der Waals surface area contributed by atoms with Crippen LogP contribution in [0, 0.1) is 0 Å². The smallest absolute Gasteiger partial charge is 0.222 e. The second kappa shape index (κ2) is 5.08. The third-order valence-corrected chi connectivity index (χ3v) is 3.46. The molecule has 3 rings (SSSR count). The molecule has 1 aliphatic rings. The molecule has 7 nitrogen and oxygen atoms in total. The molecule has 0 saturated carbocycles.